The van der Waals surface area contributed by atoms with Crippen molar-refractivity contribution in [3.8, 4) is 0 Å². The van der Waals surface area contributed by atoms with E-state index in [0.29, 0.717) is 5.69 Å². The van der Waals surface area contributed by atoms with Crippen LogP contribution in [0.1, 0.15) is 5.56 Å². The van der Waals surface area contributed by atoms with Crippen LogP contribution in [-0.2, 0) is 14.4 Å². The molecule has 0 spiro atoms. The maximum atomic E-state index is 13.7. The van der Waals surface area contributed by atoms with E-state index in [1.54, 1.807) is 0 Å². The molecule has 0 unspecified atom stereocenters. The molecule has 0 radical (unpaired) electrons. The first-order chi connectivity index (χ1) is 17.8. The van der Waals surface area contributed by atoms with Crippen LogP contribution in [0.4, 0.5) is 27.1 Å². The Hall–Kier alpha value is -4.86. The third-order valence-corrected chi connectivity index (χ3v) is 7.11. The van der Waals surface area contributed by atoms with Gasteiger partial charge in [-0.15, -0.1) is 0 Å². The van der Waals surface area contributed by atoms with Gasteiger partial charge in [-0.05, 0) is 48.0 Å². The smallest absolute Gasteiger partial charge is 0.269 e. The summed E-state index contributed by atoms with van der Waals surface area (Å²) >= 11 is 0. The molecule has 2 fully saturated rings. The fraction of sp³-hybridized carbons (Fsp3) is 0.148. The van der Waals surface area contributed by atoms with Gasteiger partial charge in [0.2, 0.25) is 17.7 Å². The standard InChI is InChI=1S/C27H19FN4O5/c28-16-6-10-18(11-7-16)30-26(34)22-21-14-5-15-3-1-2-4-20(15)31(21)24(23(22)27(30)35)25(33)29-17-8-12-19(13-9-17)32(36)37/h1-14,21-24H,(H,29,33)/t21-,22-,23-,24+/m1/s1. The quantitative estimate of drug-likeness (QED) is 0.333. The molecule has 6 rings (SSSR count). The minimum Gasteiger partial charge on any atom is -0.351 e. The summed E-state index contributed by atoms with van der Waals surface area (Å²) in [5, 5.41) is 13.8. The molecular weight excluding hydrogens is 479 g/mol. The van der Waals surface area contributed by atoms with Crippen molar-refractivity contribution in [1.29, 1.82) is 0 Å². The van der Waals surface area contributed by atoms with E-state index in [4.69, 9.17) is 0 Å². The third-order valence-electron chi connectivity index (χ3n) is 7.11. The highest BCUT2D eigenvalue weighted by molar-refractivity contribution is 6.25. The van der Waals surface area contributed by atoms with Crippen LogP contribution in [0.15, 0.2) is 78.9 Å². The largest absolute Gasteiger partial charge is 0.351 e. The number of fused-ring (bicyclic) bond motifs is 5. The molecular formula is C27H19FN4O5. The molecule has 3 amide bonds. The van der Waals surface area contributed by atoms with Crippen LogP contribution in [0.2, 0.25) is 0 Å². The number of hydrogen-bond acceptors (Lipinski definition) is 6. The summed E-state index contributed by atoms with van der Waals surface area (Å²) < 4.78 is 13.5. The van der Waals surface area contributed by atoms with Crippen molar-refractivity contribution in [2.75, 3.05) is 15.1 Å². The number of non-ortho nitro benzene ring substituents is 1. The number of imide groups is 1. The molecule has 3 aliphatic heterocycles. The number of halogens is 1. The van der Waals surface area contributed by atoms with Crippen LogP contribution < -0.4 is 15.1 Å². The first kappa shape index (κ1) is 22.6. The number of amides is 3. The molecule has 0 saturated carbocycles. The molecule has 1 N–H and O–H groups in total. The molecule has 2 saturated heterocycles. The molecule has 37 heavy (non-hydrogen) atoms. The summed E-state index contributed by atoms with van der Waals surface area (Å²) in [7, 11) is 0. The molecule has 0 bridgehead atoms. The second-order valence-corrected chi connectivity index (χ2v) is 9.09. The van der Waals surface area contributed by atoms with Crippen molar-refractivity contribution in [3.05, 3.63) is 100 Å². The van der Waals surface area contributed by atoms with Gasteiger partial charge in [0.1, 0.15) is 11.9 Å². The normalized spacial score (nSPS) is 23.5. The van der Waals surface area contributed by atoms with Crippen LogP contribution >= 0.6 is 0 Å². The van der Waals surface area contributed by atoms with Crippen LogP contribution in [-0.4, -0.2) is 34.7 Å². The van der Waals surface area contributed by atoms with Crippen molar-refractivity contribution >= 4 is 46.5 Å². The van der Waals surface area contributed by atoms with Crippen molar-refractivity contribution in [3.63, 3.8) is 0 Å². The second kappa shape index (κ2) is 8.37. The molecule has 0 aromatic heterocycles. The Morgan fingerprint density at radius 3 is 2.30 bits per heavy atom. The van der Waals surface area contributed by atoms with Gasteiger partial charge in [0, 0.05) is 23.5 Å². The Kier molecular flexibility index (Phi) is 5.11. The molecule has 4 atom stereocenters. The highest BCUT2D eigenvalue weighted by atomic mass is 19.1. The Bertz CT molecular complexity index is 1490. The van der Waals surface area contributed by atoms with E-state index in [1.165, 1.54) is 48.5 Å². The molecule has 3 aromatic rings. The number of hydrogen-bond donors (Lipinski definition) is 1. The summed E-state index contributed by atoms with van der Waals surface area (Å²) in [5.74, 6) is -3.82. The number of benzene rings is 3. The predicted molar refractivity (Wildman–Crippen MR) is 133 cm³/mol. The van der Waals surface area contributed by atoms with Crippen LogP contribution in [0.25, 0.3) is 6.08 Å². The Balaban J connectivity index is 1.40. The molecule has 3 aliphatic rings. The summed E-state index contributed by atoms with van der Waals surface area (Å²) in [6, 6.07) is 16.3. The van der Waals surface area contributed by atoms with E-state index >= 15 is 0 Å². The zero-order chi connectivity index (χ0) is 25.8. The SMILES string of the molecule is O=C(Nc1ccc([N+](=O)[O-])cc1)[C@@H]1[C@@H]2C(=O)N(c3ccc(F)cc3)C(=O)[C@@H]2[C@H]2C=Cc3ccccc3N21. The summed E-state index contributed by atoms with van der Waals surface area (Å²) in [4.78, 5) is 54.4. The van der Waals surface area contributed by atoms with Gasteiger partial charge in [0.25, 0.3) is 5.69 Å². The van der Waals surface area contributed by atoms with Crippen molar-refractivity contribution in [2.45, 2.75) is 12.1 Å². The third kappa shape index (κ3) is 3.48. The highest BCUT2D eigenvalue weighted by Crippen LogP contribution is 2.49. The van der Waals surface area contributed by atoms with Crippen molar-refractivity contribution < 1.29 is 23.7 Å². The molecule has 0 aliphatic carbocycles. The van der Waals surface area contributed by atoms with Crippen LogP contribution in [0.5, 0.6) is 0 Å². The number of nitrogens with zero attached hydrogens (tertiary/aromatic N) is 3. The van der Waals surface area contributed by atoms with Gasteiger partial charge in [-0.25, -0.2) is 9.29 Å². The van der Waals surface area contributed by atoms with E-state index in [2.05, 4.69) is 5.32 Å². The Morgan fingerprint density at radius 2 is 1.59 bits per heavy atom. The first-order valence-corrected chi connectivity index (χ1v) is 11.6. The highest BCUT2D eigenvalue weighted by Gasteiger charge is 2.64. The zero-order valence-corrected chi connectivity index (χ0v) is 19.2. The first-order valence-electron chi connectivity index (χ1n) is 11.6. The van der Waals surface area contributed by atoms with Crippen LogP contribution in [0, 0.1) is 27.8 Å². The Morgan fingerprint density at radius 1 is 0.919 bits per heavy atom. The fourth-order valence-electron chi connectivity index (χ4n) is 5.54. The molecule has 184 valence electrons. The maximum absolute atomic E-state index is 13.7. The average molecular weight is 498 g/mol. The van der Waals surface area contributed by atoms with Crippen molar-refractivity contribution in [1.82, 2.24) is 0 Å². The van der Waals surface area contributed by atoms with E-state index in [0.717, 1.165) is 16.2 Å². The lowest BCUT2D eigenvalue weighted by molar-refractivity contribution is -0.384. The van der Waals surface area contributed by atoms with E-state index < -0.39 is 52.4 Å². The van der Waals surface area contributed by atoms with Gasteiger partial charge >= 0.3 is 0 Å². The van der Waals surface area contributed by atoms with Gasteiger partial charge in [-0.1, -0.05) is 30.4 Å². The number of carbonyl (C=O) groups excluding carboxylic acids is 3. The topological polar surface area (TPSA) is 113 Å². The van der Waals surface area contributed by atoms with Gasteiger partial charge < -0.3 is 10.2 Å². The lowest BCUT2D eigenvalue weighted by Crippen LogP contribution is -2.50. The molecule has 9 nitrogen and oxygen atoms in total. The number of carbonyl (C=O) groups is 3. The molecule has 10 heteroatoms. The fourth-order valence-corrected chi connectivity index (χ4v) is 5.54. The second-order valence-electron chi connectivity index (χ2n) is 9.09. The predicted octanol–water partition coefficient (Wildman–Crippen LogP) is 3.76. The monoisotopic (exact) mass is 498 g/mol. The van der Waals surface area contributed by atoms with Gasteiger partial charge in [-0.2, -0.15) is 0 Å². The van der Waals surface area contributed by atoms with E-state index in [9.17, 15) is 28.9 Å². The number of para-hydroxylation sites is 1. The minimum absolute atomic E-state index is 0.124. The number of rotatable bonds is 4. The zero-order valence-electron chi connectivity index (χ0n) is 19.2. The molecule has 3 heterocycles. The Labute approximate surface area is 209 Å². The lowest BCUT2D eigenvalue weighted by atomic mass is 9.88. The maximum Gasteiger partial charge on any atom is 0.269 e. The molecule has 3 aromatic carbocycles. The summed E-state index contributed by atoms with van der Waals surface area (Å²) in [5.41, 5.74) is 2.01. The van der Waals surface area contributed by atoms with Gasteiger partial charge in [0.05, 0.1) is 28.5 Å². The lowest BCUT2D eigenvalue weighted by Gasteiger charge is -2.36. The van der Waals surface area contributed by atoms with Gasteiger partial charge in [0.15, 0.2) is 0 Å². The van der Waals surface area contributed by atoms with Crippen LogP contribution in [0.3, 0.4) is 0 Å². The number of nitrogens with one attached hydrogen (secondary N) is 1. The number of nitro groups is 1. The van der Waals surface area contributed by atoms with E-state index in [1.807, 2.05) is 41.3 Å². The number of anilines is 3. The van der Waals surface area contributed by atoms with E-state index in [-0.39, 0.29) is 11.4 Å². The summed E-state index contributed by atoms with van der Waals surface area (Å²) in [6.45, 7) is 0. The van der Waals surface area contributed by atoms with Crippen molar-refractivity contribution in [2.24, 2.45) is 11.8 Å². The minimum atomic E-state index is -1.03. The summed E-state index contributed by atoms with van der Waals surface area (Å²) in [6.07, 6.45) is 3.71. The average Bonchev–Trinajstić information content (AvgIpc) is 3.38. The number of nitro benzene ring substituents is 1. The van der Waals surface area contributed by atoms with Gasteiger partial charge in [-0.3, -0.25) is 24.5 Å².